The molecule has 0 bridgehead atoms. The van der Waals surface area contributed by atoms with Crippen molar-refractivity contribution in [2.75, 3.05) is 0 Å². The summed E-state index contributed by atoms with van der Waals surface area (Å²) in [6.07, 6.45) is 0. The second-order valence-electron chi connectivity index (χ2n) is 1.98. The second-order valence-corrected chi connectivity index (χ2v) is 4.11. The molecule has 2 aromatic carbocycles. The van der Waals surface area contributed by atoms with E-state index in [0.29, 0.717) is 11.7 Å². The van der Waals surface area contributed by atoms with Crippen molar-refractivity contribution in [3.05, 3.63) is 60.7 Å². The first-order valence-electron chi connectivity index (χ1n) is 3.62. The Morgan fingerprint density at radius 2 is 0.923 bits per heavy atom. The van der Waals surface area contributed by atoms with Crippen LogP contribution < -0.4 is 0 Å². The third kappa shape index (κ3) is 11.7. The van der Waals surface area contributed by atoms with Gasteiger partial charge in [-0.3, -0.25) is 0 Å². The first kappa shape index (κ1) is 12.7. The molecule has 0 aliphatic rings. The molecule has 0 saturated heterocycles. The first-order valence-corrected chi connectivity index (χ1v) is 6.90. The van der Waals surface area contributed by atoms with Gasteiger partial charge in [-0.15, -0.1) is 0 Å². The molecule has 0 heterocycles. The van der Waals surface area contributed by atoms with Crippen LogP contribution in [-0.4, -0.2) is 0 Å². The maximum atomic E-state index is 4.21. The molecule has 0 aliphatic heterocycles. The number of rotatable bonds is 0. The molecular weight excluding hydrogens is 240 g/mol. The summed E-state index contributed by atoms with van der Waals surface area (Å²) in [5, 5.41) is 0. The molecule has 72 valence electrons. The average molecular weight is 250 g/mol. The van der Waals surface area contributed by atoms with Crippen LogP contribution in [0.1, 0.15) is 0 Å². The van der Waals surface area contributed by atoms with E-state index in [0.717, 1.165) is 0 Å². The Kier molecular flexibility index (Phi) is 11.4. The molecule has 0 fully saturated rings. The minimum Gasteiger partial charge on any atom is -0.214 e. The summed E-state index contributed by atoms with van der Waals surface area (Å²) in [5.74, 6) is 0. The summed E-state index contributed by atoms with van der Waals surface area (Å²) in [6.45, 7) is 0. The van der Waals surface area contributed by atoms with Crippen molar-refractivity contribution in [1.29, 1.82) is 0 Å². The summed E-state index contributed by atoms with van der Waals surface area (Å²) in [5.41, 5.74) is 0. The molecule has 3 heteroatoms. The zero-order valence-corrected chi connectivity index (χ0v) is 9.68. The van der Waals surface area contributed by atoms with Gasteiger partial charge in [0, 0.05) is 0 Å². The minimum atomic E-state index is 0.417. The standard InChI is InChI=1S/2C5H5.Fe.2S/c2*1-2-4-5-3-1;;;/h2*1-5H;;;/q2*-1;;;. The van der Waals surface area contributed by atoms with Crippen molar-refractivity contribution in [2.45, 2.75) is 0 Å². The quantitative estimate of drug-likeness (QED) is 0.510. The number of hydrogen-bond donors (Lipinski definition) is 0. The molecule has 0 amide bonds. The van der Waals surface area contributed by atoms with Crippen LogP contribution in [0.25, 0.3) is 0 Å². The van der Waals surface area contributed by atoms with Gasteiger partial charge in [-0.25, -0.2) is 24.3 Å². The maximum absolute atomic E-state index is 4.21. The minimum absolute atomic E-state index is 0.417. The van der Waals surface area contributed by atoms with Crippen LogP contribution in [0, 0.1) is 0 Å². The van der Waals surface area contributed by atoms with Gasteiger partial charge in [0.15, 0.2) is 0 Å². The summed E-state index contributed by atoms with van der Waals surface area (Å²) in [6, 6.07) is 20.0. The van der Waals surface area contributed by atoms with Crippen molar-refractivity contribution in [3.63, 3.8) is 0 Å². The van der Waals surface area contributed by atoms with Crippen LogP contribution in [0.15, 0.2) is 60.7 Å². The molecule has 0 spiro atoms. The zero-order valence-electron chi connectivity index (χ0n) is 6.94. The molecule has 0 nitrogen and oxygen atoms in total. The smallest absolute Gasteiger partial charge is 0.172 e. The van der Waals surface area contributed by atoms with E-state index in [9.17, 15) is 0 Å². The molecule has 0 radical (unpaired) electrons. The summed E-state index contributed by atoms with van der Waals surface area (Å²) < 4.78 is 0. The molecule has 0 aliphatic carbocycles. The molecule has 0 unspecified atom stereocenters. The van der Waals surface area contributed by atoms with Gasteiger partial charge in [0.25, 0.3) is 0 Å². The molecule has 2 rings (SSSR count). The van der Waals surface area contributed by atoms with Gasteiger partial charge < -0.3 is 0 Å². The van der Waals surface area contributed by atoms with Crippen LogP contribution in [0.2, 0.25) is 0 Å². The van der Waals surface area contributed by atoms with Crippen LogP contribution in [-0.2, 0) is 11.7 Å². The number of hydrogen-bond acceptors (Lipinski definition) is 2. The Morgan fingerprint density at radius 1 is 0.692 bits per heavy atom. The zero-order chi connectivity index (χ0) is 9.78. The van der Waals surface area contributed by atoms with Crippen LogP contribution in [0.3, 0.4) is 0 Å². The Hall–Kier alpha value is -0.341. The van der Waals surface area contributed by atoms with Gasteiger partial charge >= 0.3 is 32.8 Å². The second kappa shape index (κ2) is 11.7. The topological polar surface area (TPSA) is 0 Å². The van der Waals surface area contributed by atoms with Gasteiger partial charge in [-0.05, 0) is 0 Å². The molecule has 0 aromatic heterocycles. The van der Waals surface area contributed by atoms with Gasteiger partial charge in [0.1, 0.15) is 0 Å². The van der Waals surface area contributed by atoms with E-state index >= 15 is 0 Å². The third-order valence-corrected chi connectivity index (χ3v) is 1.11. The van der Waals surface area contributed by atoms with Crippen LogP contribution in [0.5, 0.6) is 0 Å². The summed E-state index contributed by atoms with van der Waals surface area (Å²) in [4.78, 5) is 0. The van der Waals surface area contributed by atoms with Crippen molar-refractivity contribution < 1.29 is 11.7 Å². The molecule has 13 heavy (non-hydrogen) atoms. The normalized spacial score (nSPS) is 7.38. The molecule has 2 aromatic rings. The predicted octanol–water partition coefficient (Wildman–Crippen LogP) is 4.10. The SMILES string of the molecule is [S]=[Fe]=[S].c1cc[cH-]c1.c1cc[cH-]c1. The van der Waals surface area contributed by atoms with E-state index in [1.54, 1.807) is 0 Å². The van der Waals surface area contributed by atoms with Gasteiger partial charge in [0.05, 0.1) is 0 Å². The fraction of sp³-hybridized carbons (Fsp3) is 0. The van der Waals surface area contributed by atoms with Crippen molar-refractivity contribution in [1.82, 2.24) is 0 Å². The largest absolute Gasteiger partial charge is 0.214 e. The Bertz CT molecular complexity index is 218. The van der Waals surface area contributed by atoms with E-state index in [2.05, 4.69) is 21.1 Å². The molecule has 0 N–H and O–H groups in total. The van der Waals surface area contributed by atoms with Crippen LogP contribution >= 0.6 is 21.1 Å². The monoisotopic (exact) mass is 250 g/mol. The van der Waals surface area contributed by atoms with Crippen molar-refractivity contribution >= 4 is 21.1 Å². The fourth-order valence-corrected chi connectivity index (χ4v) is 0.642. The average Bonchev–Trinajstić information content (AvgIpc) is 2.85. The Morgan fingerprint density at radius 3 is 1.00 bits per heavy atom. The van der Waals surface area contributed by atoms with Gasteiger partial charge in [-0.1, -0.05) is 0 Å². The van der Waals surface area contributed by atoms with Crippen LogP contribution in [0.4, 0.5) is 0 Å². The van der Waals surface area contributed by atoms with Gasteiger partial charge in [0.2, 0.25) is 0 Å². The Labute approximate surface area is 93.2 Å². The summed E-state index contributed by atoms with van der Waals surface area (Å²) in [7, 11) is 8.42. The Balaban J connectivity index is 0.000000174. The van der Waals surface area contributed by atoms with Crippen molar-refractivity contribution in [3.8, 4) is 0 Å². The van der Waals surface area contributed by atoms with E-state index in [1.807, 2.05) is 60.7 Å². The predicted molar refractivity (Wildman–Crippen MR) is 59.3 cm³/mol. The van der Waals surface area contributed by atoms with Crippen molar-refractivity contribution in [2.24, 2.45) is 0 Å². The first-order chi connectivity index (χ1) is 6.41. The van der Waals surface area contributed by atoms with E-state index in [4.69, 9.17) is 0 Å². The molecule has 0 atom stereocenters. The molecule has 0 saturated carbocycles. The van der Waals surface area contributed by atoms with E-state index in [1.165, 1.54) is 0 Å². The fourth-order valence-electron chi connectivity index (χ4n) is 0.642. The maximum Gasteiger partial charge on any atom is -0.172 e. The third-order valence-electron chi connectivity index (χ3n) is 1.11. The van der Waals surface area contributed by atoms with E-state index < -0.39 is 0 Å². The van der Waals surface area contributed by atoms with Gasteiger partial charge in [-0.2, -0.15) is 36.4 Å². The summed E-state index contributed by atoms with van der Waals surface area (Å²) >= 11 is 0.417. The molecular formula is C10H10FeS2-2. The van der Waals surface area contributed by atoms with E-state index in [-0.39, 0.29) is 0 Å².